The number of nitro groups is 1. The molecule has 0 saturated heterocycles. The molecule has 3 rings (SSSR count). The van der Waals surface area contributed by atoms with Gasteiger partial charge >= 0.3 is 11.2 Å². The van der Waals surface area contributed by atoms with Gasteiger partial charge in [-0.05, 0) is 39.0 Å². The summed E-state index contributed by atoms with van der Waals surface area (Å²) in [6.07, 6.45) is -1.42. The number of alkyl halides is 1. The minimum Gasteiger partial charge on any atom is -0.444 e. The molecule has 0 bridgehead atoms. The Bertz CT molecular complexity index is 1200. The third kappa shape index (κ3) is 3.36. The highest BCUT2D eigenvalue weighted by atomic mass is 32.2. The monoisotopic (exact) mass is 465 g/mol. The maximum absolute atomic E-state index is 16.6. The predicted octanol–water partition coefficient (Wildman–Crippen LogP) is 2.73. The summed E-state index contributed by atoms with van der Waals surface area (Å²) in [5.74, 6) is -1.44. The molecular formula is C20H20FN3O7S. The van der Waals surface area contributed by atoms with E-state index in [1.807, 2.05) is 5.32 Å². The van der Waals surface area contributed by atoms with Crippen LogP contribution in [0.15, 0.2) is 59.5 Å². The van der Waals surface area contributed by atoms with Gasteiger partial charge in [0.25, 0.3) is 21.3 Å². The lowest BCUT2D eigenvalue weighted by Gasteiger charge is -2.34. The Hall–Kier alpha value is -3.54. The van der Waals surface area contributed by atoms with Crippen LogP contribution in [0.25, 0.3) is 0 Å². The molecule has 2 N–H and O–H groups in total. The fourth-order valence-electron chi connectivity index (χ4n) is 3.41. The van der Waals surface area contributed by atoms with Crippen molar-refractivity contribution in [1.82, 2.24) is 5.32 Å². The highest BCUT2D eigenvalue weighted by Crippen LogP contribution is 2.49. The lowest BCUT2D eigenvalue weighted by Crippen LogP contribution is -2.69. The van der Waals surface area contributed by atoms with Crippen molar-refractivity contribution in [3.63, 3.8) is 0 Å². The lowest BCUT2D eigenvalue weighted by atomic mass is 9.89. The summed E-state index contributed by atoms with van der Waals surface area (Å²) in [6.45, 7) is 4.41. The zero-order valence-electron chi connectivity index (χ0n) is 17.3. The molecule has 1 aliphatic rings. The lowest BCUT2D eigenvalue weighted by molar-refractivity contribution is -0.585. The van der Waals surface area contributed by atoms with Crippen LogP contribution >= 0.6 is 0 Å². The van der Waals surface area contributed by atoms with Gasteiger partial charge in [-0.15, -0.1) is 4.39 Å². The van der Waals surface area contributed by atoms with E-state index in [1.165, 1.54) is 57.2 Å². The van der Waals surface area contributed by atoms with Gasteiger partial charge < -0.3 is 10.1 Å². The Morgan fingerprint density at radius 3 is 2.25 bits per heavy atom. The Kier molecular flexibility index (Phi) is 5.46. The van der Waals surface area contributed by atoms with Crippen LogP contribution in [0.3, 0.4) is 0 Å². The van der Waals surface area contributed by atoms with E-state index in [2.05, 4.69) is 5.32 Å². The molecule has 1 unspecified atom stereocenters. The number of rotatable bonds is 5. The maximum atomic E-state index is 16.6. The molecular weight excluding hydrogens is 445 g/mol. The molecule has 32 heavy (non-hydrogen) atoms. The van der Waals surface area contributed by atoms with Crippen LogP contribution in [-0.4, -0.2) is 36.1 Å². The third-order valence-electron chi connectivity index (χ3n) is 4.72. The number of carbonyl (C=O) groups is 2. The second-order valence-corrected chi connectivity index (χ2v) is 10.0. The van der Waals surface area contributed by atoms with E-state index >= 15 is 4.39 Å². The fraction of sp³-hybridized carbons (Fsp3) is 0.300. The number of nitrogens with zero attached hydrogens (tertiary/aromatic N) is 1. The number of fused-ring (bicyclic) bond motifs is 1. The van der Waals surface area contributed by atoms with Crippen molar-refractivity contribution in [2.45, 2.75) is 41.9 Å². The first kappa shape index (κ1) is 23.1. The van der Waals surface area contributed by atoms with Crippen molar-refractivity contribution in [1.29, 1.82) is 0 Å². The molecule has 2 amide bonds. The van der Waals surface area contributed by atoms with Gasteiger partial charge in [-0.1, -0.05) is 36.4 Å². The van der Waals surface area contributed by atoms with Gasteiger partial charge in [0.15, 0.2) is 0 Å². The summed E-state index contributed by atoms with van der Waals surface area (Å²) in [5, 5.41) is 11.7. The van der Waals surface area contributed by atoms with E-state index in [9.17, 15) is 28.1 Å². The number of hydrogen-bond donors (Lipinski definition) is 2. The van der Waals surface area contributed by atoms with Crippen LogP contribution in [0.1, 0.15) is 26.3 Å². The minimum absolute atomic E-state index is 0.0966. The predicted molar refractivity (Wildman–Crippen MR) is 111 cm³/mol. The first-order valence-corrected chi connectivity index (χ1v) is 10.8. The van der Waals surface area contributed by atoms with Crippen LogP contribution in [-0.2, 0) is 24.9 Å². The summed E-state index contributed by atoms with van der Waals surface area (Å²) in [4.78, 5) is 35.4. The van der Waals surface area contributed by atoms with Gasteiger partial charge in [0.1, 0.15) is 5.60 Å². The van der Waals surface area contributed by atoms with Crippen LogP contribution < -0.4 is 10.6 Å². The van der Waals surface area contributed by atoms with Crippen molar-refractivity contribution in [3.05, 3.63) is 70.3 Å². The van der Waals surface area contributed by atoms with E-state index in [-0.39, 0.29) is 5.69 Å². The average molecular weight is 465 g/mol. The van der Waals surface area contributed by atoms with Gasteiger partial charge in [-0.25, -0.2) is 13.2 Å². The normalized spacial score (nSPS) is 19.9. The second kappa shape index (κ2) is 7.55. The first-order valence-electron chi connectivity index (χ1n) is 9.32. The van der Waals surface area contributed by atoms with E-state index in [0.717, 1.165) is 18.2 Å². The Morgan fingerprint density at radius 1 is 1.12 bits per heavy atom. The number of para-hydroxylation sites is 1. The average Bonchev–Trinajstić information content (AvgIpc) is 2.98. The van der Waals surface area contributed by atoms with Crippen LogP contribution in [0.4, 0.5) is 14.9 Å². The molecule has 2 aromatic rings. The zero-order chi connectivity index (χ0) is 23.9. The first-order chi connectivity index (χ1) is 14.8. The molecule has 170 valence electrons. The van der Waals surface area contributed by atoms with E-state index < -0.39 is 53.5 Å². The van der Waals surface area contributed by atoms with Crippen molar-refractivity contribution in [2.75, 3.05) is 5.32 Å². The van der Waals surface area contributed by atoms with Crippen LogP contribution in [0.2, 0.25) is 0 Å². The van der Waals surface area contributed by atoms with Crippen LogP contribution in [0, 0.1) is 10.1 Å². The van der Waals surface area contributed by atoms with Crippen molar-refractivity contribution < 1.29 is 32.1 Å². The highest BCUT2D eigenvalue weighted by Gasteiger charge is 2.80. The van der Waals surface area contributed by atoms with Gasteiger partial charge in [-0.3, -0.25) is 20.2 Å². The number of alkyl carbamates (subject to hydrolysis) is 1. The van der Waals surface area contributed by atoms with Gasteiger partial charge in [0.05, 0.1) is 9.82 Å². The summed E-state index contributed by atoms with van der Waals surface area (Å²) < 4.78 is 48.4. The SMILES string of the molecule is CC(C)(C)OC(=O)N[C@]1(C(F)([N+](=O)[O-])S(=O)(=O)c2ccccc2)C(=O)Nc2ccccc21. The van der Waals surface area contributed by atoms with Crippen molar-refractivity contribution >= 4 is 27.5 Å². The Labute approximate surface area is 182 Å². The van der Waals surface area contributed by atoms with Crippen molar-refractivity contribution in [3.8, 4) is 0 Å². The molecule has 12 heteroatoms. The standard InChI is InChI=1S/C20H20FN3O7S/c1-18(2,3)31-17(26)23-19(14-11-7-8-12-15(14)22-16(19)25)20(21,24(27)28)32(29,30)13-9-5-4-6-10-13/h4-12H,1-3H3,(H,22,25)(H,23,26)/t19-,20?/m0/s1. The number of carbonyl (C=O) groups excluding carboxylic acids is 2. The van der Waals surface area contributed by atoms with E-state index in [1.54, 1.807) is 0 Å². The smallest absolute Gasteiger partial charge is 0.444 e. The number of benzene rings is 2. The molecule has 0 spiro atoms. The summed E-state index contributed by atoms with van der Waals surface area (Å²) >= 11 is 0. The van der Waals surface area contributed by atoms with Gasteiger partial charge in [0, 0.05) is 11.3 Å². The van der Waals surface area contributed by atoms with Gasteiger partial charge in [0.2, 0.25) is 0 Å². The van der Waals surface area contributed by atoms with Crippen molar-refractivity contribution in [2.24, 2.45) is 0 Å². The molecule has 10 nitrogen and oxygen atoms in total. The molecule has 0 aliphatic carbocycles. The molecule has 1 heterocycles. The summed E-state index contributed by atoms with van der Waals surface area (Å²) in [5.41, 5.74) is -4.95. The number of anilines is 1. The zero-order valence-corrected chi connectivity index (χ0v) is 18.1. The molecule has 0 saturated carbocycles. The number of amides is 2. The third-order valence-corrected chi connectivity index (χ3v) is 6.78. The van der Waals surface area contributed by atoms with E-state index in [4.69, 9.17) is 4.74 Å². The second-order valence-electron chi connectivity index (χ2n) is 8.01. The molecule has 0 fully saturated rings. The minimum atomic E-state index is -5.50. The number of halogens is 1. The fourth-order valence-corrected chi connectivity index (χ4v) is 5.09. The number of sulfone groups is 1. The molecule has 2 aromatic carbocycles. The van der Waals surface area contributed by atoms with E-state index in [0.29, 0.717) is 0 Å². The molecule has 0 aromatic heterocycles. The van der Waals surface area contributed by atoms with Gasteiger partial charge in [-0.2, -0.15) is 0 Å². The number of hydrogen-bond acceptors (Lipinski definition) is 7. The quantitative estimate of drug-likeness (QED) is 0.392. The topological polar surface area (TPSA) is 145 Å². The molecule has 1 aliphatic heterocycles. The number of nitrogens with one attached hydrogen (secondary N) is 2. The Morgan fingerprint density at radius 2 is 1.69 bits per heavy atom. The molecule has 2 atom stereocenters. The van der Waals surface area contributed by atoms with Crippen LogP contribution in [0.5, 0.6) is 0 Å². The maximum Gasteiger partial charge on any atom is 0.499 e. The summed E-state index contributed by atoms with van der Waals surface area (Å²) in [6, 6.07) is 11.0. The Balaban J connectivity index is 2.35. The molecule has 0 radical (unpaired) electrons. The summed E-state index contributed by atoms with van der Waals surface area (Å²) in [7, 11) is -5.50. The largest absolute Gasteiger partial charge is 0.499 e. The number of ether oxygens (including phenoxy) is 1. The highest BCUT2D eigenvalue weighted by molar-refractivity contribution is 7.92.